The van der Waals surface area contributed by atoms with Crippen LogP contribution in [0.1, 0.15) is 46.1 Å². The van der Waals surface area contributed by atoms with Crippen LogP contribution in [0.3, 0.4) is 0 Å². The van der Waals surface area contributed by atoms with Gasteiger partial charge in [0.2, 0.25) is 5.91 Å². The van der Waals surface area contributed by atoms with Crippen molar-refractivity contribution in [1.82, 2.24) is 30.2 Å². The maximum atomic E-state index is 12.8. The van der Waals surface area contributed by atoms with Crippen LogP contribution < -0.4 is 5.32 Å². The van der Waals surface area contributed by atoms with Crippen LogP contribution in [0.5, 0.6) is 0 Å². The van der Waals surface area contributed by atoms with Gasteiger partial charge in [-0.05, 0) is 56.4 Å². The van der Waals surface area contributed by atoms with Crippen LogP contribution in [0.4, 0.5) is 0 Å². The van der Waals surface area contributed by atoms with Gasteiger partial charge < -0.3 is 10.2 Å². The maximum Gasteiger partial charge on any atom is 0.255 e. The second kappa shape index (κ2) is 10.8. The number of pyridine rings is 2. The molecule has 2 amide bonds. The highest BCUT2D eigenvalue weighted by molar-refractivity contribution is 5.94. The first kappa shape index (κ1) is 22.5. The van der Waals surface area contributed by atoms with E-state index in [1.165, 1.54) is 0 Å². The van der Waals surface area contributed by atoms with Gasteiger partial charge in [-0.25, -0.2) is 9.97 Å². The lowest BCUT2D eigenvalue weighted by atomic mass is 9.90. The maximum absolute atomic E-state index is 12.8. The molecule has 1 saturated heterocycles. The Labute approximate surface area is 193 Å². The molecule has 33 heavy (non-hydrogen) atoms. The summed E-state index contributed by atoms with van der Waals surface area (Å²) in [6.45, 7) is 3.60. The van der Waals surface area contributed by atoms with Crippen molar-refractivity contribution in [2.45, 2.75) is 39.2 Å². The molecule has 0 unspecified atom stereocenters. The molecule has 4 heterocycles. The summed E-state index contributed by atoms with van der Waals surface area (Å²) in [6, 6.07) is 11.2. The molecule has 1 N–H and O–H groups in total. The highest BCUT2D eigenvalue weighted by Crippen LogP contribution is 2.23. The van der Waals surface area contributed by atoms with Gasteiger partial charge in [-0.1, -0.05) is 12.1 Å². The summed E-state index contributed by atoms with van der Waals surface area (Å²) >= 11 is 0. The molecule has 0 aliphatic carbocycles. The lowest BCUT2D eigenvalue weighted by molar-refractivity contribution is -0.131. The highest BCUT2D eigenvalue weighted by Gasteiger charge is 2.25. The number of nitrogens with one attached hydrogen (secondary N) is 1. The molecule has 0 atom stereocenters. The van der Waals surface area contributed by atoms with Gasteiger partial charge >= 0.3 is 0 Å². The Morgan fingerprint density at radius 1 is 1.00 bits per heavy atom. The molecule has 170 valence electrons. The van der Waals surface area contributed by atoms with Crippen molar-refractivity contribution < 1.29 is 9.59 Å². The first-order valence-electron chi connectivity index (χ1n) is 11.3. The molecule has 8 heteroatoms. The fraction of sp³-hybridized carbons (Fsp3) is 0.360. The molecule has 1 fully saturated rings. The standard InChI is InChI=1S/C25H28N6O2/c1-18-28-17-22(25(33)29-16-21-7-3-5-11-27-21)23(30-18)14-19-8-12-31(13-9-19)24(32)15-20-6-2-4-10-26-20/h2-7,10-11,17,19H,8-9,12-16H2,1H3,(H,29,33). The molecule has 8 nitrogen and oxygen atoms in total. The molecule has 1 aliphatic heterocycles. The van der Waals surface area contributed by atoms with E-state index < -0.39 is 0 Å². The third kappa shape index (κ3) is 6.19. The van der Waals surface area contributed by atoms with E-state index in [4.69, 9.17) is 0 Å². The molecule has 3 aromatic heterocycles. The van der Waals surface area contributed by atoms with Crippen LogP contribution in [-0.2, 0) is 24.2 Å². The van der Waals surface area contributed by atoms with Gasteiger partial charge in [0, 0.05) is 37.4 Å². The normalized spacial score (nSPS) is 14.2. The average Bonchev–Trinajstić information content (AvgIpc) is 2.84. The van der Waals surface area contributed by atoms with Crippen molar-refractivity contribution in [1.29, 1.82) is 0 Å². The van der Waals surface area contributed by atoms with E-state index in [0.717, 1.165) is 29.9 Å². The number of hydrogen-bond acceptors (Lipinski definition) is 6. The van der Waals surface area contributed by atoms with E-state index in [1.807, 2.05) is 48.2 Å². The number of amides is 2. The third-order valence-corrected chi connectivity index (χ3v) is 5.90. The lowest BCUT2D eigenvalue weighted by Crippen LogP contribution is -2.40. The summed E-state index contributed by atoms with van der Waals surface area (Å²) in [5.41, 5.74) is 2.86. The molecule has 0 aromatic carbocycles. The van der Waals surface area contributed by atoms with Crippen LogP contribution in [0, 0.1) is 12.8 Å². The lowest BCUT2D eigenvalue weighted by Gasteiger charge is -2.32. The zero-order valence-electron chi connectivity index (χ0n) is 18.8. The van der Waals surface area contributed by atoms with Crippen LogP contribution in [0.25, 0.3) is 0 Å². The van der Waals surface area contributed by atoms with E-state index >= 15 is 0 Å². The van der Waals surface area contributed by atoms with E-state index in [0.29, 0.717) is 49.8 Å². The number of likely N-dealkylation sites (tertiary alicyclic amines) is 1. The van der Waals surface area contributed by atoms with Gasteiger partial charge in [0.1, 0.15) is 5.82 Å². The summed E-state index contributed by atoms with van der Waals surface area (Å²) in [4.78, 5) is 44.7. The third-order valence-electron chi connectivity index (χ3n) is 5.90. The Hall–Kier alpha value is -3.68. The predicted octanol–water partition coefficient (Wildman–Crippen LogP) is 2.53. The fourth-order valence-electron chi connectivity index (χ4n) is 4.06. The molecule has 0 radical (unpaired) electrons. The molecule has 0 bridgehead atoms. The van der Waals surface area contributed by atoms with Gasteiger partial charge in [-0.15, -0.1) is 0 Å². The minimum absolute atomic E-state index is 0.111. The van der Waals surface area contributed by atoms with E-state index in [1.54, 1.807) is 18.6 Å². The van der Waals surface area contributed by atoms with Gasteiger partial charge in [0.05, 0.1) is 29.9 Å². The Morgan fingerprint density at radius 3 is 2.36 bits per heavy atom. The van der Waals surface area contributed by atoms with Crippen molar-refractivity contribution in [3.05, 3.63) is 83.5 Å². The second-order valence-electron chi connectivity index (χ2n) is 8.31. The smallest absolute Gasteiger partial charge is 0.255 e. The first-order valence-corrected chi connectivity index (χ1v) is 11.3. The number of piperidine rings is 1. The Bertz CT molecular complexity index is 1080. The number of aryl methyl sites for hydroxylation is 1. The Kier molecular flexibility index (Phi) is 7.34. The van der Waals surface area contributed by atoms with Crippen molar-refractivity contribution in [3.8, 4) is 0 Å². The fourth-order valence-corrected chi connectivity index (χ4v) is 4.06. The van der Waals surface area contributed by atoms with Crippen molar-refractivity contribution in [2.24, 2.45) is 5.92 Å². The highest BCUT2D eigenvalue weighted by atomic mass is 16.2. The average molecular weight is 445 g/mol. The predicted molar refractivity (Wildman–Crippen MR) is 123 cm³/mol. The van der Waals surface area contributed by atoms with Crippen molar-refractivity contribution in [2.75, 3.05) is 13.1 Å². The molecular formula is C25H28N6O2. The van der Waals surface area contributed by atoms with Gasteiger partial charge in [-0.2, -0.15) is 0 Å². The largest absolute Gasteiger partial charge is 0.346 e. The molecule has 1 aliphatic rings. The topological polar surface area (TPSA) is 101 Å². The molecule has 0 saturated carbocycles. The monoisotopic (exact) mass is 444 g/mol. The quantitative estimate of drug-likeness (QED) is 0.601. The van der Waals surface area contributed by atoms with Crippen LogP contribution in [0.15, 0.2) is 55.0 Å². The molecule has 0 spiro atoms. The van der Waals surface area contributed by atoms with Crippen molar-refractivity contribution in [3.63, 3.8) is 0 Å². The number of carbonyl (C=O) groups excluding carboxylic acids is 2. The van der Waals surface area contributed by atoms with E-state index in [-0.39, 0.29) is 11.8 Å². The molecule has 3 aromatic rings. The zero-order valence-corrected chi connectivity index (χ0v) is 18.8. The minimum Gasteiger partial charge on any atom is -0.346 e. The van der Waals surface area contributed by atoms with Gasteiger partial charge in [0.25, 0.3) is 5.91 Å². The minimum atomic E-state index is -0.196. The van der Waals surface area contributed by atoms with Crippen LogP contribution in [0.2, 0.25) is 0 Å². The second-order valence-corrected chi connectivity index (χ2v) is 8.31. The Morgan fingerprint density at radius 2 is 1.70 bits per heavy atom. The number of hydrogen-bond donors (Lipinski definition) is 1. The number of rotatable bonds is 7. The number of nitrogens with zero attached hydrogens (tertiary/aromatic N) is 5. The summed E-state index contributed by atoms with van der Waals surface area (Å²) in [6.07, 6.45) is 7.81. The van der Waals surface area contributed by atoms with Crippen molar-refractivity contribution >= 4 is 11.8 Å². The first-order chi connectivity index (χ1) is 16.1. The van der Waals surface area contributed by atoms with Gasteiger partial charge in [0.15, 0.2) is 0 Å². The summed E-state index contributed by atoms with van der Waals surface area (Å²) in [7, 11) is 0. The zero-order chi connectivity index (χ0) is 23.0. The summed E-state index contributed by atoms with van der Waals surface area (Å²) in [5, 5.41) is 2.92. The van der Waals surface area contributed by atoms with Gasteiger partial charge in [-0.3, -0.25) is 19.6 Å². The van der Waals surface area contributed by atoms with E-state index in [2.05, 4.69) is 25.3 Å². The Balaban J connectivity index is 1.34. The van der Waals surface area contributed by atoms with Crippen LogP contribution in [-0.4, -0.2) is 49.7 Å². The molecular weight excluding hydrogens is 416 g/mol. The number of aromatic nitrogens is 4. The van der Waals surface area contributed by atoms with E-state index in [9.17, 15) is 9.59 Å². The summed E-state index contributed by atoms with van der Waals surface area (Å²) in [5.74, 6) is 0.924. The summed E-state index contributed by atoms with van der Waals surface area (Å²) < 4.78 is 0. The molecule has 4 rings (SSSR count). The SMILES string of the molecule is Cc1ncc(C(=O)NCc2ccccn2)c(CC2CCN(C(=O)Cc3ccccn3)CC2)n1. The van der Waals surface area contributed by atoms with Crippen LogP contribution >= 0.6 is 0 Å². The number of carbonyl (C=O) groups is 2.